The van der Waals surface area contributed by atoms with Gasteiger partial charge in [0.1, 0.15) is 0 Å². The fourth-order valence-electron chi connectivity index (χ4n) is 2.60. The van der Waals surface area contributed by atoms with E-state index in [1.807, 2.05) is 13.8 Å². The van der Waals surface area contributed by atoms with Crippen molar-refractivity contribution in [3.63, 3.8) is 0 Å². The van der Waals surface area contributed by atoms with E-state index in [2.05, 4.69) is 4.90 Å². The fraction of sp³-hybridized carbons (Fsp3) is 0.800. The minimum Gasteiger partial charge on any atom is -0.345 e. The molecule has 4 heteroatoms. The largest absolute Gasteiger partial charge is 0.345 e. The van der Waals surface area contributed by atoms with Crippen LogP contribution in [0.4, 0.5) is 0 Å². The zero-order valence-corrected chi connectivity index (χ0v) is 9.73. The molecule has 0 radical (unpaired) electrons. The van der Waals surface area contributed by atoms with Crippen molar-refractivity contribution in [2.45, 2.75) is 32.7 Å². The highest BCUT2D eigenvalue weighted by atomic mass is 32.1. The molecule has 0 aromatic heterocycles. The maximum absolute atomic E-state index is 12.0. The van der Waals surface area contributed by atoms with Crippen LogP contribution in [0.25, 0.3) is 0 Å². The number of thiocarbonyl (C=S) groups is 1. The highest BCUT2D eigenvalue weighted by Gasteiger charge is 2.50. The van der Waals surface area contributed by atoms with Crippen LogP contribution >= 0.6 is 12.2 Å². The van der Waals surface area contributed by atoms with Gasteiger partial charge < -0.3 is 4.90 Å². The Morgan fingerprint density at radius 1 is 1.50 bits per heavy atom. The maximum Gasteiger partial charge on any atom is 0.236 e. The molecule has 0 N–H and O–H groups in total. The van der Waals surface area contributed by atoms with Crippen molar-refractivity contribution in [1.29, 1.82) is 0 Å². The molecule has 1 unspecified atom stereocenters. The lowest BCUT2D eigenvalue weighted by Crippen LogP contribution is -2.62. The van der Waals surface area contributed by atoms with Crippen LogP contribution in [0.1, 0.15) is 26.7 Å². The predicted molar refractivity (Wildman–Crippen MR) is 58.9 cm³/mol. The van der Waals surface area contributed by atoms with Gasteiger partial charge in [0.05, 0.1) is 5.41 Å². The van der Waals surface area contributed by atoms with E-state index < -0.39 is 0 Å². The zero-order valence-electron chi connectivity index (χ0n) is 8.91. The van der Waals surface area contributed by atoms with Gasteiger partial charge in [-0.15, -0.1) is 0 Å². The van der Waals surface area contributed by atoms with Crippen molar-refractivity contribution in [1.82, 2.24) is 9.80 Å². The average molecular weight is 212 g/mol. The predicted octanol–water partition coefficient (Wildman–Crippen LogP) is 1.23. The Kier molecular flexibility index (Phi) is 2.07. The van der Waals surface area contributed by atoms with Crippen molar-refractivity contribution >= 4 is 23.2 Å². The molecule has 1 atom stereocenters. The fourth-order valence-corrected chi connectivity index (χ4v) is 2.90. The Morgan fingerprint density at radius 3 is 2.79 bits per heavy atom. The standard InChI is InChI=1S/C10H16N2OS/c1-10(2)7-5-4-6-12(7)9(14)11(3)8(10)13/h7H,4-6H2,1-3H3. The van der Waals surface area contributed by atoms with Gasteiger partial charge in [-0.3, -0.25) is 9.69 Å². The number of carbonyl (C=O) groups is 1. The van der Waals surface area contributed by atoms with Crippen LogP contribution in [0.15, 0.2) is 0 Å². The molecule has 3 nitrogen and oxygen atoms in total. The molecule has 2 saturated heterocycles. The molecule has 2 fully saturated rings. The lowest BCUT2D eigenvalue weighted by Gasteiger charge is -2.46. The van der Waals surface area contributed by atoms with Gasteiger partial charge in [0, 0.05) is 19.6 Å². The smallest absolute Gasteiger partial charge is 0.236 e. The van der Waals surface area contributed by atoms with Crippen molar-refractivity contribution in [2.75, 3.05) is 13.6 Å². The van der Waals surface area contributed by atoms with E-state index in [9.17, 15) is 4.79 Å². The third-order valence-electron chi connectivity index (χ3n) is 3.47. The second-order valence-corrected chi connectivity index (χ2v) is 5.09. The van der Waals surface area contributed by atoms with Crippen LogP contribution in [0, 0.1) is 5.41 Å². The molecule has 0 aromatic carbocycles. The zero-order chi connectivity index (χ0) is 10.5. The number of nitrogens with zero attached hydrogens (tertiary/aromatic N) is 2. The molecule has 1 amide bonds. The van der Waals surface area contributed by atoms with E-state index in [0.29, 0.717) is 11.2 Å². The molecule has 2 aliphatic heterocycles. The van der Waals surface area contributed by atoms with Crippen LogP contribution in [0.5, 0.6) is 0 Å². The van der Waals surface area contributed by atoms with Crippen molar-refractivity contribution in [3.8, 4) is 0 Å². The van der Waals surface area contributed by atoms with Crippen LogP contribution in [-0.4, -0.2) is 40.5 Å². The van der Waals surface area contributed by atoms with Gasteiger partial charge in [-0.25, -0.2) is 0 Å². The van der Waals surface area contributed by atoms with Crippen molar-refractivity contribution in [2.24, 2.45) is 5.41 Å². The first-order valence-electron chi connectivity index (χ1n) is 5.05. The molecular weight excluding hydrogens is 196 g/mol. The first kappa shape index (κ1) is 9.90. The SMILES string of the molecule is CN1C(=O)C(C)(C)C2CCCN2C1=S. The molecular formula is C10H16N2OS. The number of hydrogen-bond donors (Lipinski definition) is 0. The number of amides is 1. The summed E-state index contributed by atoms with van der Waals surface area (Å²) in [5.41, 5.74) is -0.284. The van der Waals surface area contributed by atoms with Gasteiger partial charge in [-0.2, -0.15) is 0 Å². The van der Waals surface area contributed by atoms with Gasteiger partial charge in [0.15, 0.2) is 5.11 Å². The molecule has 0 aliphatic carbocycles. The number of hydrogen-bond acceptors (Lipinski definition) is 2. The maximum atomic E-state index is 12.0. The first-order chi connectivity index (χ1) is 6.46. The Bertz CT molecular complexity index is 300. The van der Waals surface area contributed by atoms with Crippen LogP contribution in [-0.2, 0) is 4.79 Å². The van der Waals surface area contributed by atoms with Crippen molar-refractivity contribution in [3.05, 3.63) is 0 Å². The summed E-state index contributed by atoms with van der Waals surface area (Å²) >= 11 is 5.28. The summed E-state index contributed by atoms with van der Waals surface area (Å²) in [6.45, 7) is 5.05. The summed E-state index contributed by atoms with van der Waals surface area (Å²) in [7, 11) is 1.78. The van der Waals surface area contributed by atoms with E-state index in [1.165, 1.54) is 0 Å². The Labute approximate surface area is 90.1 Å². The quantitative estimate of drug-likeness (QED) is 0.564. The third kappa shape index (κ3) is 1.10. The summed E-state index contributed by atoms with van der Waals surface area (Å²) in [5, 5.41) is 0.705. The Morgan fingerprint density at radius 2 is 2.14 bits per heavy atom. The minimum atomic E-state index is -0.284. The molecule has 2 rings (SSSR count). The second-order valence-electron chi connectivity index (χ2n) is 4.72. The number of carbonyl (C=O) groups excluding carboxylic acids is 1. The van der Waals surface area contributed by atoms with E-state index in [1.54, 1.807) is 11.9 Å². The molecule has 78 valence electrons. The molecule has 14 heavy (non-hydrogen) atoms. The van der Waals surface area contributed by atoms with Crippen LogP contribution < -0.4 is 0 Å². The van der Waals surface area contributed by atoms with Gasteiger partial charge in [0.2, 0.25) is 5.91 Å². The van der Waals surface area contributed by atoms with E-state index in [-0.39, 0.29) is 11.3 Å². The summed E-state index contributed by atoms with van der Waals surface area (Å²) in [4.78, 5) is 15.8. The highest BCUT2D eigenvalue weighted by Crippen LogP contribution is 2.38. The van der Waals surface area contributed by atoms with Crippen LogP contribution in [0.2, 0.25) is 0 Å². The van der Waals surface area contributed by atoms with Gasteiger partial charge >= 0.3 is 0 Å². The topological polar surface area (TPSA) is 23.6 Å². The summed E-state index contributed by atoms with van der Waals surface area (Å²) < 4.78 is 0. The molecule has 0 bridgehead atoms. The molecule has 0 saturated carbocycles. The van der Waals surface area contributed by atoms with E-state index in [4.69, 9.17) is 12.2 Å². The molecule has 2 aliphatic rings. The van der Waals surface area contributed by atoms with Crippen LogP contribution in [0.3, 0.4) is 0 Å². The molecule has 0 spiro atoms. The summed E-state index contributed by atoms with van der Waals surface area (Å²) in [6.07, 6.45) is 2.24. The van der Waals surface area contributed by atoms with Crippen molar-refractivity contribution < 1.29 is 4.79 Å². The van der Waals surface area contributed by atoms with E-state index >= 15 is 0 Å². The van der Waals surface area contributed by atoms with Gasteiger partial charge in [0.25, 0.3) is 0 Å². The summed E-state index contributed by atoms with van der Waals surface area (Å²) in [5.74, 6) is 0.158. The van der Waals surface area contributed by atoms with E-state index in [0.717, 1.165) is 19.4 Å². The van der Waals surface area contributed by atoms with Gasteiger partial charge in [-0.1, -0.05) is 0 Å². The Hall–Kier alpha value is -0.640. The third-order valence-corrected chi connectivity index (χ3v) is 3.98. The normalized spacial score (nSPS) is 30.9. The lowest BCUT2D eigenvalue weighted by atomic mass is 9.80. The number of rotatable bonds is 0. The first-order valence-corrected chi connectivity index (χ1v) is 5.46. The summed E-state index contributed by atoms with van der Waals surface area (Å²) in [6, 6.07) is 0.318. The molecule has 0 aromatic rings. The highest BCUT2D eigenvalue weighted by molar-refractivity contribution is 7.80. The average Bonchev–Trinajstić information content (AvgIpc) is 2.61. The minimum absolute atomic E-state index is 0.158. The van der Waals surface area contributed by atoms with Gasteiger partial charge in [-0.05, 0) is 38.9 Å². The number of fused-ring (bicyclic) bond motifs is 1. The molecule has 2 heterocycles. The monoisotopic (exact) mass is 212 g/mol. The Balaban J connectivity index is 2.39. The second kappa shape index (κ2) is 2.92. The lowest BCUT2D eigenvalue weighted by molar-refractivity contribution is -0.141.